The Labute approximate surface area is 486 Å². The molecule has 0 saturated heterocycles. The summed E-state index contributed by atoms with van der Waals surface area (Å²) in [5, 5.41) is 80.0. The van der Waals surface area contributed by atoms with E-state index >= 15 is 0 Å². The van der Waals surface area contributed by atoms with Gasteiger partial charge in [-0.3, -0.25) is 57.5 Å². The number of benzene rings is 1. The fourth-order valence-electron chi connectivity index (χ4n) is 8.26. The quantitative estimate of drug-likeness (QED) is 0.0288. The Morgan fingerprint density at radius 2 is 0.869 bits per heavy atom. The summed E-state index contributed by atoms with van der Waals surface area (Å²) in [5.41, 5.74) is 11.9. The largest absolute Gasteiger partial charge is 0.481 e. The van der Waals surface area contributed by atoms with Gasteiger partial charge in [-0.25, -0.2) is 4.79 Å². The number of aliphatic hydroxyl groups is 2. The number of aliphatic hydroxyl groups excluding tert-OH is 2. The minimum Gasteiger partial charge on any atom is -0.481 e. The van der Waals surface area contributed by atoms with Gasteiger partial charge < -0.3 is 90.0 Å². The first-order valence-corrected chi connectivity index (χ1v) is 27.8. The molecular weight excluding hydrogens is 1110 g/mol. The number of amides is 9. The number of nitrogens with one attached hydrogen (secondary N) is 9. The molecule has 0 aromatic heterocycles. The van der Waals surface area contributed by atoms with Crippen LogP contribution in [0.5, 0.6) is 0 Å². The fraction of sp³-hybridized carbons (Fsp3) is 0.648. The predicted molar refractivity (Wildman–Crippen MR) is 299 cm³/mol. The number of rotatable bonds is 41. The Hall–Kier alpha value is -7.83. The molecule has 0 heterocycles. The van der Waals surface area contributed by atoms with E-state index in [0.29, 0.717) is 12.0 Å². The van der Waals surface area contributed by atoms with E-state index in [0.717, 1.165) is 6.92 Å². The maximum Gasteiger partial charge on any atom is 0.326 e. The van der Waals surface area contributed by atoms with Crippen LogP contribution < -0.4 is 59.3 Å². The summed E-state index contributed by atoms with van der Waals surface area (Å²) >= 11 is 0. The lowest BCUT2D eigenvalue weighted by Gasteiger charge is -2.30. The van der Waals surface area contributed by atoms with Crippen molar-refractivity contribution in [2.24, 2.45) is 29.2 Å². The molecule has 9 amide bonds. The molecule has 1 aromatic rings. The summed E-state index contributed by atoms with van der Waals surface area (Å²) < 4.78 is 0. The van der Waals surface area contributed by atoms with Crippen molar-refractivity contribution in [3.63, 3.8) is 0 Å². The Morgan fingerprint density at radius 1 is 0.476 bits per heavy atom. The molecule has 0 radical (unpaired) electrons. The number of nitrogens with two attached hydrogens (primary N) is 2. The summed E-state index contributed by atoms with van der Waals surface area (Å²) in [6.07, 6.45) is -5.08. The highest BCUT2D eigenvalue weighted by atomic mass is 16.4. The molecule has 30 heteroatoms. The molecule has 472 valence electrons. The van der Waals surface area contributed by atoms with Gasteiger partial charge in [-0.05, 0) is 81.7 Å². The second-order valence-corrected chi connectivity index (χ2v) is 21.4. The first-order valence-electron chi connectivity index (χ1n) is 27.8. The zero-order chi connectivity index (χ0) is 64.0. The van der Waals surface area contributed by atoms with Crippen LogP contribution in [-0.2, 0) is 68.7 Å². The second kappa shape index (κ2) is 38.1. The van der Waals surface area contributed by atoms with Gasteiger partial charge in [0.1, 0.15) is 60.4 Å². The van der Waals surface area contributed by atoms with Crippen LogP contribution in [0.3, 0.4) is 0 Å². The molecule has 84 heavy (non-hydrogen) atoms. The summed E-state index contributed by atoms with van der Waals surface area (Å²) in [6, 6.07) is -7.92. The highest BCUT2D eigenvalue weighted by Crippen LogP contribution is 2.15. The van der Waals surface area contributed by atoms with E-state index in [1.54, 1.807) is 71.9 Å². The Balaban J connectivity index is 3.58. The second-order valence-electron chi connectivity index (χ2n) is 21.4. The number of carbonyl (C=O) groups is 13. The molecule has 0 aliphatic rings. The summed E-state index contributed by atoms with van der Waals surface area (Å²) in [5.74, 6) is -16.7. The molecule has 30 nitrogen and oxygen atoms in total. The first-order chi connectivity index (χ1) is 39.3. The molecule has 12 atom stereocenters. The van der Waals surface area contributed by atoms with Gasteiger partial charge in [-0.2, -0.15) is 0 Å². The van der Waals surface area contributed by atoms with Crippen LogP contribution in [0, 0.1) is 17.8 Å². The topological polar surface area (TPSA) is 504 Å². The molecule has 0 saturated carbocycles. The van der Waals surface area contributed by atoms with Gasteiger partial charge in [0.15, 0.2) is 0 Å². The van der Waals surface area contributed by atoms with Crippen molar-refractivity contribution in [1.29, 1.82) is 0 Å². The molecule has 19 N–H and O–H groups in total. The van der Waals surface area contributed by atoms with Crippen molar-refractivity contribution in [2.75, 3.05) is 13.2 Å². The molecule has 0 aliphatic carbocycles. The van der Waals surface area contributed by atoms with Gasteiger partial charge in [0, 0.05) is 19.3 Å². The van der Waals surface area contributed by atoms with Gasteiger partial charge in [0.2, 0.25) is 53.2 Å². The van der Waals surface area contributed by atoms with Crippen molar-refractivity contribution in [1.82, 2.24) is 47.9 Å². The lowest BCUT2D eigenvalue weighted by Crippen LogP contribution is -2.62. The molecule has 0 spiro atoms. The van der Waals surface area contributed by atoms with Crippen molar-refractivity contribution in [2.45, 2.75) is 192 Å². The van der Waals surface area contributed by atoms with E-state index < -0.39 is 188 Å². The van der Waals surface area contributed by atoms with Crippen molar-refractivity contribution < 1.29 is 93.0 Å². The van der Waals surface area contributed by atoms with Crippen LogP contribution in [0.1, 0.15) is 125 Å². The number of hydrogen-bond acceptors (Lipinski definition) is 17. The minimum absolute atomic E-state index is 0.0410. The van der Waals surface area contributed by atoms with Crippen LogP contribution in [0.2, 0.25) is 0 Å². The van der Waals surface area contributed by atoms with Crippen molar-refractivity contribution >= 4 is 77.0 Å². The van der Waals surface area contributed by atoms with Crippen LogP contribution >= 0.6 is 0 Å². The summed E-state index contributed by atoms with van der Waals surface area (Å²) in [7, 11) is 0. The van der Waals surface area contributed by atoms with Gasteiger partial charge in [0.05, 0.1) is 19.1 Å². The summed E-state index contributed by atoms with van der Waals surface area (Å²) in [4.78, 5) is 172. The van der Waals surface area contributed by atoms with E-state index in [1.807, 2.05) is 0 Å². The normalized spacial score (nSPS) is 15.5. The SMILES string of the molecule is CC[C@H](C)[C@H](NC(=O)[C@H](CCC(=O)O)NC(=O)[C@H](CC(C)C)NC(=O)[C@@H](N)CO)C(=O)N[C@@H](CC(C)C)C(=O)N[C@@H](CCCCN)C(=O)N[C@@H](CCC(=O)O)C(=O)N[C@@H](CC(=O)O)C(=O)N[C@H](C(=O)N[C@@H](Cc1ccccc1)C(=O)O)[C@@H](C)O. The van der Waals surface area contributed by atoms with Crippen LogP contribution in [-0.4, -0.2) is 187 Å². The Kier molecular flexibility index (Phi) is 33.7. The molecule has 0 bridgehead atoms. The third-order valence-corrected chi connectivity index (χ3v) is 13.1. The number of carboxylic acids is 4. The van der Waals surface area contributed by atoms with E-state index in [-0.39, 0.29) is 56.9 Å². The number of unbranched alkanes of at least 4 members (excludes halogenated alkanes) is 1. The van der Waals surface area contributed by atoms with Crippen molar-refractivity contribution in [3.8, 4) is 0 Å². The van der Waals surface area contributed by atoms with E-state index in [2.05, 4.69) is 47.9 Å². The molecule has 1 aromatic carbocycles. The lowest BCUT2D eigenvalue weighted by molar-refractivity contribution is -0.144. The average Bonchev–Trinajstić information content (AvgIpc) is 3.58. The third-order valence-electron chi connectivity index (χ3n) is 13.1. The zero-order valence-corrected chi connectivity index (χ0v) is 48.5. The Bertz CT molecular complexity index is 2390. The number of carbonyl (C=O) groups excluding carboxylic acids is 9. The highest BCUT2D eigenvalue weighted by molar-refractivity contribution is 5.99. The molecule has 0 fully saturated rings. The maximum atomic E-state index is 14.3. The van der Waals surface area contributed by atoms with Gasteiger partial charge in [-0.15, -0.1) is 0 Å². The first kappa shape index (κ1) is 74.2. The highest BCUT2D eigenvalue weighted by Gasteiger charge is 2.38. The predicted octanol–water partition coefficient (Wildman–Crippen LogP) is -3.15. The maximum absolute atomic E-state index is 14.3. The third kappa shape index (κ3) is 28.0. The van der Waals surface area contributed by atoms with E-state index in [4.69, 9.17) is 11.5 Å². The summed E-state index contributed by atoms with van der Waals surface area (Å²) in [6.45, 7) is 10.6. The van der Waals surface area contributed by atoms with E-state index in [1.165, 1.54) is 0 Å². The number of aliphatic carboxylic acids is 4. The number of carboxylic acid groups (broad SMARTS) is 4. The van der Waals surface area contributed by atoms with Crippen LogP contribution in [0.25, 0.3) is 0 Å². The smallest absolute Gasteiger partial charge is 0.326 e. The molecule has 1 rings (SSSR count). The monoisotopic (exact) mass is 1190 g/mol. The van der Waals surface area contributed by atoms with Crippen LogP contribution in [0.15, 0.2) is 30.3 Å². The Morgan fingerprint density at radius 3 is 1.29 bits per heavy atom. The lowest BCUT2D eigenvalue weighted by atomic mass is 9.95. The standard InChI is InChI=1S/C54H87N11O19/c1-8-29(6)43(64-48(77)35(18-20-41(70)71)59-49(78)36(22-27(2)3)60-45(74)32(56)26-66)52(81)62-37(23-28(4)5)50(79)57-33(16-12-13-21-55)46(75)58-34(17-19-40(68)69)47(76)61-38(25-42(72)73)51(80)65-44(30(7)67)53(82)63-39(54(83)84)24-31-14-10-9-11-15-31/h9-11,14-15,27-30,32-39,43-44,66-67H,8,12-13,16-26,55-56H2,1-7H3,(H,57,79)(H,58,75)(H,59,78)(H,60,74)(H,61,76)(H,62,81)(H,63,82)(H,64,77)(H,65,80)(H,68,69)(H,70,71)(H,72,73)(H,83,84)/t29-,30+,32-,33-,34-,35-,36-,37-,38-,39-,43-,44-/m0/s1. The molecular formula is C54H87N11O19. The molecule has 0 unspecified atom stereocenters. The zero-order valence-electron chi connectivity index (χ0n) is 48.5. The van der Waals surface area contributed by atoms with Gasteiger partial charge in [-0.1, -0.05) is 78.3 Å². The minimum atomic E-state index is -2.06. The fourth-order valence-corrected chi connectivity index (χ4v) is 8.26. The molecule has 0 aliphatic heterocycles. The van der Waals surface area contributed by atoms with Crippen LogP contribution in [0.4, 0.5) is 0 Å². The van der Waals surface area contributed by atoms with Crippen molar-refractivity contribution in [3.05, 3.63) is 35.9 Å². The number of hydrogen-bond donors (Lipinski definition) is 17. The van der Waals surface area contributed by atoms with Gasteiger partial charge >= 0.3 is 23.9 Å². The average molecular weight is 1190 g/mol. The van der Waals surface area contributed by atoms with E-state index in [9.17, 15) is 93.0 Å². The van der Waals surface area contributed by atoms with Gasteiger partial charge in [0.25, 0.3) is 0 Å².